The summed E-state index contributed by atoms with van der Waals surface area (Å²) in [5.41, 5.74) is 0. The molecule has 200 valence electrons. The molecule has 0 radical (unpaired) electrons. The predicted octanol–water partition coefficient (Wildman–Crippen LogP) is 7.87. The molecule has 3 N–H and O–H groups in total. The van der Waals surface area contributed by atoms with Gasteiger partial charge in [0.25, 0.3) is 0 Å². The number of unbranched alkanes of at least 4 members (excludes halogenated alkanes) is 19. The molecule has 0 bridgehead atoms. The third-order valence-electron chi connectivity index (χ3n) is 7.67. The first-order valence-electron chi connectivity index (χ1n) is 14.8. The summed E-state index contributed by atoms with van der Waals surface area (Å²) in [5, 5.41) is 23.5. The van der Waals surface area contributed by atoms with E-state index in [1.54, 1.807) is 0 Å². The zero-order chi connectivity index (χ0) is 24.8. The van der Waals surface area contributed by atoms with Gasteiger partial charge in [-0.05, 0) is 6.42 Å². The van der Waals surface area contributed by atoms with Crippen LogP contribution in [0.1, 0.15) is 156 Å². The molecule has 0 aromatic carbocycles. The van der Waals surface area contributed by atoms with Gasteiger partial charge in [0, 0.05) is 19.9 Å². The Morgan fingerprint density at radius 2 is 0.879 bits per heavy atom. The van der Waals surface area contributed by atoms with E-state index in [0.29, 0.717) is 0 Å². The van der Waals surface area contributed by atoms with E-state index in [1.807, 2.05) is 14.1 Å². The summed E-state index contributed by atoms with van der Waals surface area (Å²) < 4.78 is 0.155. The first kappa shape index (κ1) is 32.8. The predicted molar refractivity (Wildman–Crippen MR) is 145 cm³/mol. The van der Waals surface area contributed by atoms with Crippen LogP contribution < -0.4 is 5.32 Å². The van der Waals surface area contributed by atoms with E-state index in [0.717, 1.165) is 13.0 Å². The average Bonchev–Trinajstić information content (AvgIpc) is 2.76. The Bertz CT molecular complexity index is 407. The van der Waals surface area contributed by atoms with E-state index in [4.69, 9.17) is 0 Å². The molecule has 4 nitrogen and oxygen atoms in total. The fourth-order valence-corrected chi connectivity index (χ4v) is 4.77. The molecule has 0 aliphatic heterocycles. The van der Waals surface area contributed by atoms with Gasteiger partial charge in [-0.2, -0.15) is 0 Å². The molecule has 0 aliphatic carbocycles. The number of aliphatic hydroxyl groups is 2. The summed E-state index contributed by atoms with van der Waals surface area (Å²) in [4.78, 5) is 0. The maximum atomic E-state index is 10.0. The molecule has 4 heteroatoms. The summed E-state index contributed by atoms with van der Waals surface area (Å²) in [6.45, 7) is 6.81. The molecule has 0 rings (SSSR count). The van der Waals surface area contributed by atoms with Crippen LogP contribution >= 0.6 is 0 Å². The van der Waals surface area contributed by atoms with Gasteiger partial charge >= 0.3 is 5.91 Å². The minimum atomic E-state index is -1.72. The van der Waals surface area contributed by atoms with Crippen molar-refractivity contribution in [1.82, 2.24) is 5.32 Å². The van der Waals surface area contributed by atoms with Gasteiger partial charge in [-0.25, -0.2) is 0 Å². The third-order valence-corrected chi connectivity index (χ3v) is 7.67. The molecule has 0 fully saturated rings. The topological polar surface area (TPSA) is 52.5 Å². The first-order valence-corrected chi connectivity index (χ1v) is 14.8. The average molecular weight is 472 g/mol. The van der Waals surface area contributed by atoms with Crippen LogP contribution in [0, 0.1) is 0 Å². The van der Waals surface area contributed by atoms with Crippen LogP contribution in [0.4, 0.5) is 0 Å². The second-order valence-electron chi connectivity index (χ2n) is 11.1. The van der Waals surface area contributed by atoms with Crippen LogP contribution in [-0.4, -0.2) is 47.4 Å². The highest BCUT2D eigenvalue weighted by atomic mass is 16.5. The number of hydrogen-bond acceptors (Lipinski definition) is 3. The van der Waals surface area contributed by atoms with Crippen molar-refractivity contribution in [2.75, 3.05) is 20.6 Å². The van der Waals surface area contributed by atoms with E-state index >= 15 is 0 Å². The van der Waals surface area contributed by atoms with Gasteiger partial charge < -0.3 is 10.2 Å². The quantitative estimate of drug-likeness (QED) is 0.0721. The van der Waals surface area contributed by atoms with Crippen LogP contribution in [-0.2, 0) is 0 Å². The molecule has 1 unspecified atom stereocenters. The summed E-state index contributed by atoms with van der Waals surface area (Å²) in [6.07, 6.45) is 29.1. The van der Waals surface area contributed by atoms with Crippen molar-refractivity contribution in [2.45, 2.75) is 168 Å². The van der Waals surface area contributed by atoms with Crippen molar-refractivity contribution in [2.24, 2.45) is 0 Å². The number of nitrogens with one attached hydrogen (secondary N) is 1. The smallest absolute Gasteiger partial charge is 0.311 e. The SMILES string of the molecule is CCCCCCCCCCCCCCCCCCCCCCNC(CC)[N+](C)(C)C(C)(O)O. The summed E-state index contributed by atoms with van der Waals surface area (Å²) in [7, 11) is 3.75. The molecule has 0 aliphatic rings. The van der Waals surface area contributed by atoms with Gasteiger partial charge in [-0.15, -0.1) is 0 Å². The Kier molecular flexibility index (Phi) is 21.0. The molecular weight excluding hydrogens is 408 g/mol. The summed E-state index contributed by atoms with van der Waals surface area (Å²) >= 11 is 0. The van der Waals surface area contributed by atoms with Crippen molar-refractivity contribution in [3.63, 3.8) is 0 Å². The highest BCUT2D eigenvalue weighted by molar-refractivity contribution is 4.58. The van der Waals surface area contributed by atoms with Crippen LogP contribution in [0.25, 0.3) is 0 Å². The Labute approximate surface area is 208 Å². The van der Waals surface area contributed by atoms with Crippen molar-refractivity contribution >= 4 is 0 Å². The van der Waals surface area contributed by atoms with Crippen LogP contribution in [0.2, 0.25) is 0 Å². The molecule has 1 atom stereocenters. The van der Waals surface area contributed by atoms with Crippen LogP contribution in [0.5, 0.6) is 0 Å². The normalized spacial score (nSPS) is 13.5. The lowest BCUT2D eigenvalue weighted by molar-refractivity contribution is -1.01. The zero-order valence-electron chi connectivity index (χ0n) is 23.5. The molecule has 0 aromatic rings. The van der Waals surface area contributed by atoms with Gasteiger partial charge in [0.05, 0.1) is 14.1 Å². The lowest BCUT2D eigenvalue weighted by Crippen LogP contribution is -2.67. The van der Waals surface area contributed by atoms with Gasteiger partial charge in [0.1, 0.15) is 6.17 Å². The van der Waals surface area contributed by atoms with E-state index in [9.17, 15) is 10.2 Å². The van der Waals surface area contributed by atoms with E-state index in [1.165, 1.54) is 135 Å². The molecule has 0 saturated heterocycles. The van der Waals surface area contributed by atoms with Crippen molar-refractivity contribution in [3.8, 4) is 0 Å². The molecule has 0 saturated carbocycles. The van der Waals surface area contributed by atoms with Crippen molar-refractivity contribution < 1.29 is 14.7 Å². The lowest BCUT2D eigenvalue weighted by atomic mass is 10.0. The minimum Gasteiger partial charge on any atom is -0.319 e. The Morgan fingerprint density at radius 3 is 1.15 bits per heavy atom. The Hall–Kier alpha value is -0.160. The maximum Gasteiger partial charge on any atom is 0.311 e. The van der Waals surface area contributed by atoms with E-state index < -0.39 is 5.91 Å². The van der Waals surface area contributed by atoms with Crippen molar-refractivity contribution in [1.29, 1.82) is 0 Å². The molecular formula is C29H63N2O2+. The summed E-state index contributed by atoms with van der Waals surface area (Å²) in [6, 6.07) is 0. The lowest BCUT2D eigenvalue weighted by Gasteiger charge is -2.44. The van der Waals surface area contributed by atoms with E-state index in [-0.39, 0.29) is 10.6 Å². The monoisotopic (exact) mass is 471 g/mol. The maximum absolute atomic E-state index is 10.0. The van der Waals surface area contributed by atoms with Crippen LogP contribution in [0.15, 0.2) is 0 Å². The molecule has 0 heterocycles. The first-order chi connectivity index (χ1) is 15.8. The second-order valence-corrected chi connectivity index (χ2v) is 11.1. The summed E-state index contributed by atoms with van der Waals surface area (Å²) in [5.74, 6) is -1.72. The van der Waals surface area contributed by atoms with Crippen molar-refractivity contribution in [3.05, 3.63) is 0 Å². The Morgan fingerprint density at radius 1 is 0.576 bits per heavy atom. The zero-order valence-corrected chi connectivity index (χ0v) is 23.5. The van der Waals surface area contributed by atoms with E-state index in [2.05, 4.69) is 19.2 Å². The van der Waals surface area contributed by atoms with Gasteiger partial charge in [0.2, 0.25) is 0 Å². The third kappa shape index (κ3) is 17.9. The number of quaternary nitrogens is 1. The van der Waals surface area contributed by atoms with Crippen LogP contribution in [0.3, 0.4) is 0 Å². The van der Waals surface area contributed by atoms with Gasteiger partial charge in [-0.1, -0.05) is 136 Å². The number of rotatable bonds is 25. The highest BCUT2D eigenvalue weighted by Crippen LogP contribution is 2.20. The molecule has 33 heavy (non-hydrogen) atoms. The molecule has 0 aromatic heterocycles. The molecule has 0 amide bonds. The Balaban J connectivity index is 3.34. The van der Waals surface area contributed by atoms with Gasteiger partial charge in [0.15, 0.2) is 0 Å². The number of hydrogen-bond donors (Lipinski definition) is 3. The fourth-order valence-electron chi connectivity index (χ4n) is 4.77. The number of nitrogens with zero attached hydrogens (tertiary/aromatic N) is 1. The fraction of sp³-hybridized carbons (Fsp3) is 1.00. The highest BCUT2D eigenvalue weighted by Gasteiger charge is 2.42. The standard InChI is InChI=1S/C29H63N2O2/c1-6-8-9-10-11-12-13-14-15-16-17-18-19-20-21-22-23-24-25-26-27-30-28(7-2)31(4,5)29(3,32)33/h28,30,32-33H,6-27H2,1-5H3/q+1. The largest absolute Gasteiger partial charge is 0.319 e. The minimum absolute atomic E-state index is 0.0605. The second kappa shape index (κ2) is 21.1. The van der Waals surface area contributed by atoms with Gasteiger partial charge in [-0.3, -0.25) is 9.80 Å². The molecule has 0 spiro atoms.